The number of nitro benzene ring substituents is 1. The molecular weight excluding hydrogens is 384 g/mol. The zero-order valence-electron chi connectivity index (χ0n) is 16.1. The second-order valence-electron chi connectivity index (χ2n) is 6.61. The van der Waals surface area contributed by atoms with Crippen LogP contribution in [0.2, 0.25) is 0 Å². The van der Waals surface area contributed by atoms with Crippen molar-refractivity contribution >= 4 is 17.9 Å². The lowest BCUT2D eigenvalue weighted by atomic mass is 10.1. The maximum atomic E-state index is 12.9. The van der Waals surface area contributed by atoms with E-state index in [0.29, 0.717) is 19.4 Å². The summed E-state index contributed by atoms with van der Waals surface area (Å²) in [5.41, 5.74) is 1.76. The first kappa shape index (κ1) is 20.7. The van der Waals surface area contributed by atoms with E-state index >= 15 is 0 Å². The molecule has 1 amide bonds. The molecule has 0 unspecified atom stereocenters. The number of hydrogen-bond acceptors (Lipinski definition) is 5. The summed E-state index contributed by atoms with van der Waals surface area (Å²) in [6.45, 7) is 0.510. The Bertz CT molecular complexity index is 981. The van der Waals surface area contributed by atoms with E-state index in [4.69, 9.17) is 4.74 Å². The number of amides is 1. The highest BCUT2D eigenvalue weighted by molar-refractivity contribution is 5.82. The molecule has 0 atom stereocenters. The highest BCUT2D eigenvalue weighted by atomic mass is 16.6. The Kier molecular flexibility index (Phi) is 6.89. The molecule has 0 aliphatic heterocycles. The van der Waals surface area contributed by atoms with E-state index in [1.807, 2.05) is 60.7 Å². The Labute approximate surface area is 173 Å². The second-order valence-corrected chi connectivity index (χ2v) is 6.61. The molecule has 0 fully saturated rings. The normalized spacial score (nSPS) is 10.3. The largest absolute Gasteiger partial charge is 0.483 e. The molecule has 0 spiro atoms. The summed E-state index contributed by atoms with van der Waals surface area (Å²) in [6, 6.07) is 22.9. The molecule has 0 aromatic heterocycles. The lowest BCUT2D eigenvalue weighted by molar-refractivity contribution is -0.384. The highest BCUT2D eigenvalue weighted by Gasteiger charge is 2.17. The number of carbonyl (C=O) groups excluding carboxylic acids is 2. The molecule has 152 valence electrons. The minimum Gasteiger partial charge on any atom is -0.483 e. The van der Waals surface area contributed by atoms with Gasteiger partial charge in [-0.25, -0.2) is 0 Å². The van der Waals surface area contributed by atoms with E-state index in [0.717, 1.165) is 17.2 Å². The molecular formula is C23H20N2O5. The van der Waals surface area contributed by atoms with Gasteiger partial charge in [0.1, 0.15) is 5.75 Å². The van der Waals surface area contributed by atoms with Crippen LogP contribution in [0.3, 0.4) is 0 Å². The van der Waals surface area contributed by atoms with Crippen molar-refractivity contribution in [1.82, 2.24) is 4.90 Å². The molecule has 3 aromatic carbocycles. The summed E-state index contributed by atoms with van der Waals surface area (Å²) < 4.78 is 5.54. The van der Waals surface area contributed by atoms with Gasteiger partial charge in [0.05, 0.1) is 10.5 Å². The first-order valence-corrected chi connectivity index (χ1v) is 9.29. The van der Waals surface area contributed by atoms with Crippen LogP contribution in [0.15, 0.2) is 78.9 Å². The maximum Gasteiger partial charge on any atom is 0.270 e. The summed E-state index contributed by atoms with van der Waals surface area (Å²) in [7, 11) is 0. The van der Waals surface area contributed by atoms with Crippen LogP contribution in [0.5, 0.6) is 5.75 Å². The highest BCUT2D eigenvalue weighted by Crippen LogP contribution is 2.23. The van der Waals surface area contributed by atoms with E-state index in [-0.39, 0.29) is 29.5 Å². The van der Waals surface area contributed by atoms with E-state index in [1.165, 1.54) is 12.1 Å². The molecule has 7 nitrogen and oxygen atoms in total. The predicted molar refractivity (Wildman–Crippen MR) is 111 cm³/mol. The van der Waals surface area contributed by atoms with Crippen molar-refractivity contribution < 1.29 is 19.2 Å². The molecule has 0 radical (unpaired) electrons. The fraction of sp³-hybridized carbons (Fsp3) is 0.130. The zero-order valence-corrected chi connectivity index (χ0v) is 16.1. The third-order valence-electron chi connectivity index (χ3n) is 4.47. The predicted octanol–water partition coefficient (Wildman–Crippen LogP) is 4.02. The van der Waals surface area contributed by atoms with Crippen LogP contribution in [0.4, 0.5) is 5.69 Å². The van der Waals surface area contributed by atoms with E-state index in [9.17, 15) is 19.7 Å². The minimum absolute atomic E-state index is 0.0228. The number of nitrogens with zero attached hydrogens (tertiary/aromatic N) is 2. The Morgan fingerprint density at radius 1 is 0.933 bits per heavy atom. The summed E-state index contributed by atoms with van der Waals surface area (Å²) in [4.78, 5) is 36.1. The van der Waals surface area contributed by atoms with E-state index in [1.54, 1.807) is 4.90 Å². The number of ether oxygens (including phenoxy) is 1. The van der Waals surface area contributed by atoms with Gasteiger partial charge in [0.15, 0.2) is 12.9 Å². The summed E-state index contributed by atoms with van der Waals surface area (Å²) >= 11 is 0. The van der Waals surface area contributed by atoms with Crippen molar-refractivity contribution in [3.63, 3.8) is 0 Å². The van der Waals surface area contributed by atoms with Crippen molar-refractivity contribution in [3.8, 4) is 5.75 Å². The molecule has 0 aliphatic rings. The number of rotatable bonds is 9. The van der Waals surface area contributed by atoms with Crippen molar-refractivity contribution in [2.75, 3.05) is 6.61 Å². The molecule has 3 rings (SSSR count). The average Bonchev–Trinajstić information content (AvgIpc) is 2.78. The monoisotopic (exact) mass is 404 g/mol. The number of benzene rings is 3. The van der Waals surface area contributed by atoms with Gasteiger partial charge in [-0.2, -0.15) is 0 Å². The fourth-order valence-corrected chi connectivity index (χ4v) is 2.94. The molecule has 0 N–H and O–H groups in total. The van der Waals surface area contributed by atoms with Crippen LogP contribution in [0, 0.1) is 10.1 Å². The zero-order chi connectivity index (χ0) is 21.3. The van der Waals surface area contributed by atoms with Crippen LogP contribution in [-0.4, -0.2) is 28.6 Å². The molecule has 7 heteroatoms. The summed E-state index contributed by atoms with van der Waals surface area (Å²) in [5.74, 6) is -0.138. The number of aldehydes is 1. The third kappa shape index (κ3) is 5.51. The van der Waals surface area contributed by atoms with E-state index < -0.39 is 4.92 Å². The summed E-state index contributed by atoms with van der Waals surface area (Å²) in [5, 5.41) is 10.9. The number of carbonyl (C=O) groups is 2. The van der Waals surface area contributed by atoms with Crippen LogP contribution in [-0.2, 0) is 17.9 Å². The van der Waals surface area contributed by atoms with Crippen LogP contribution in [0.1, 0.15) is 21.5 Å². The number of non-ortho nitro benzene ring substituents is 1. The number of hydrogen-bond donors (Lipinski definition) is 0. The van der Waals surface area contributed by atoms with Gasteiger partial charge in [-0.15, -0.1) is 0 Å². The van der Waals surface area contributed by atoms with Gasteiger partial charge in [0.25, 0.3) is 11.6 Å². The van der Waals surface area contributed by atoms with Crippen molar-refractivity contribution in [1.29, 1.82) is 0 Å². The molecule has 0 bridgehead atoms. The van der Waals surface area contributed by atoms with Gasteiger partial charge in [-0.1, -0.05) is 60.7 Å². The van der Waals surface area contributed by atoms with Gasteiger partial charge in [0, 0.05) is 25.2 Å². The number of nitro groups is 1. The van der Waals surface area contributed by atoms with Gasteiger partial charge >= 0.3 is 0 Å². The quantitative estimate of drug-likeness (QED) is 0.305. The van der Waals surface area contributed by atoms with Crippen molar-refractivity contribution in [3.05, 3.63) is 106 Å². The maximum absolute atomic E-state index is 12.9. The summed E-state index contributed by atoms with van der Waals surface area (Å²) in [6.07, 6.45) is 0.471. The first-order valence-electron chi connectivity index (χ1n) is 9.29. The van der Waals surface area contributed by atoms with Crippen molar-refractivity contribution in [2.45, 2.75) is 13.1 Å². The van der Waals surface area contributed by atoms with Crippen LogP contribution >= 0.6 is 0 Å². The second kappa shape index (κ2) is 9.97. The van der Waals surface area contributed by atoms with Gasteiger partial charge < -0.3 is 9.64 Å². The first-order chi connectivity index (χ1) is 14.6. The molecule has 3 aromatic rings. The van der Waals surface area contributed by atoms with Crippen LogP contribution < -0.4 is 4.74 Å². The van der Waals surface area contributed by atoms with E-state index in [2.05, 4.69) is 0 Å². The standard InChI is InChI=1S/C23H20N2O5/c26-16-20-13-21(25(28)29)11-12-22(20)30-17-23(27)24(14-18-7-3-1-4-8-18)15-19-9-5-2-6-10-19/h1-13,16H,14-15,17H2. The Morgan fingerprint density at radius 3 is 2.00 bits per heavy atom. The molecule has 0 heterocycles. The van der Waals surface area contributed by atoms with Gasteiger partial charge in [-0.05, 0) is 17.2 Å². The molecule has 0 saturated heterocycles. The third-order valence-corrected chi connectivity index (χ3v) is 4.47. The van der Waals surface area contributed by atoms with Crippen LogP contribution in [0.25, 0.3) is 0 Å². The minimum atomic E-state index is -0.594. The molecule has 0 aliphatic carbocycles. The Balaban J connectivity index is 1.74. The van der Waals surface area contributed by atoms with Gasteiger partial charge in [-0.3, -0.25) is 19.7 Å². The lowest BCUT2D eigenvalue weighted by Crippen LogP contribution is -2.34. The SMILES string of the molecule is O=Cc1cc([N+](=O)[O-])ccc1OCC(=O)N(Cc1ccccc1)Cc1ccccc1. The Hall–Kier alpha value is -4.00. The molecule has 0 saturated carbocycles. The van der Waals surface area contributed by atoms with Crippen molar-refractivity contribution in [2.24, 2.45) is 0 Å². The fourth-order valence-electron chi connectivity index (χ4n) is 2.94. The average molecular weight is 404 g/mol. The lowest BCUT2D eigenvalue weighted by Gasteiger charge is -2.23. The molecule has 30 heavy (non-hydrogen) atoms. The topological polar surface area (TPSA) is 89.7 Å². The van der Waals surface area contributed by atoms with Gasteiger partial charge in [0.2, 0.25) is 0 Å². The smallest absolute Gasteiger partial charge is 0.270 e. The Morgan fingerprint density at radius 2 is 1.50 bits per heavy atom.